The van der Waals surface area contributed by atoms with Crippen molar-refractivity contribution < 1.29 is 17.9 Å². The number of rotatable bonds is 5. The fourth-order valence-corrected chi connectivity index (χ4v) is 4.22. The lowest BCUT2D eigenvalue weighted by atomic mass is 10.1. The summed E-state index contributed by atoms with van der Waals surface area (Å²) >= 11 is 5.88. The predicted molar refractivity (Wildman–Crippen MR) is 88.2 cm³/mol. The van der Waals surface area contributed by atoms with Crippen LogP contribution < -0.4 is 9.46 Å². The lowest BCUT2D eigenvalue weighted by Crippen LogP contribution is -2.48. The molecule has 2 rings (SSSR count). The van der Waals surface area contributed by atoms with Gasteiger partial charge in [-0.2, -0.15) is 4.72 Å². The Kier molecular flexibility index (Phi) is 5.89. The number of benzene rings is 1. The van der Waals surface area contributed by atoms with Crippen LogP contribution in [0.1, 0.15) is 26.2 Å². The number of halogens is 1. The minimum Gasteiger partial charge on any atom is -0.495 e. The van der Waals surface area contributed by atoms with Gasteiger partial charge in [-0.15, -0.1) is 0 Å². The van der Waals surface area contributed by atoms with Crippen LogP contribution in [0.15, 0.2) is 23.1 Å². The molecule has 0 radical (unpaired) electrons. The van der Waals surface area contributed by atoms with E-state index in [0.717, 1.165) is 19.3 Å². The van der Waals surface area contributed by atoms with Crippen molar-refractivity contribution >= 4 is 27.5 Å². The molecular formula is C15H21ClN2O4S. The van der Waals surface area contributed by atoms with Gasteiger partial charge in [0.25, 0.3) is 0 Å². The monoisotopic (exact) mass is 360 g/mol. The smallest absolute Gasteiger partial charge is 0.245 e. The number of nitrogens with one attached hydrogen (secondary N) is 1. The van der Waals surface area contributed by atoms with Gasteiger partial charge < -0.3 is 9.64 Å². The van der Waals surface area contributed by atoms with Crippen molar-refractivity contribution in [2.45, 2.75) is 37.1 Å². The Labute approximate surface area is 141 Å². The maximum absolute atomic E-state index is 12.5. The average Bonchev–Trinajstić information content (AvgIpc) is 2.54. The molecule has 1 aromatic carbocycles. The van der Waals surface area contributed by atoms with Crippen LogP contribution in [-0.4, -0.2) is 45.5 Å². The predicted octanol–water partition coefficient (Wildman–Crippen LogP) is 2.03. The summed E-state index contributed by atoms with van der Waals surface area (Å²) in [5.41, 5.74) is 0. The van der Waals surface area contributed by atoms with Gasteiger partial charge in [-0.05, 0) is 44.4 Å². The van der Waals surface area contributed by atoms with Gasteiger partial charge in [0, 0.05) is 18.1 Å². The summed E-state index contributed by atoms with van der Waals surface area (Å²) in [5, 5.41) is 0.279. The van der Waals surface area contributed by atoms with E-state index in [4.69, 9.17) is 16.3 Å². The standard InChI is InChI=1S/C15H21ClN2O4S/c1-11(15(19)18-8-4-3-5-9-18)17-23(20,21)14-10-12(16)6-7-13(14)22-2/h6-7,10-11,17H,3-5,8-9H2,1-2H3/t11-/m1/s1. The van der Waals surface area contributed by atoms with E-state index in [2.05, 4.69) is 4.72 Å². The Morgan fingerprint density at radius 3 is 2.57 bits per heavy atom. The Morgan fingerprint density at radius 2 is 1.96 bits per heavy atom. The first-order chi connectivity index (χ1) is 10.8. The van der Waals surface area contributed by atoms with E-state index in [1.165, 1.54) is 19.2 Å². The van der Waals surface area contributed by atoms with Gasteiger partial charge in [0.2, 0.25) is 15.9 Å². The first-order valence-corrected chi connectivity index (χ1v) is 9.36. The van der Waals surface area contributed by atoms with Gasteiger partial charge in [-0.3, -0.25) is 4.79 Å². The van der Waals surface area contributed by atoms with E-state index >= 15 is 0 Å². The van der Waals surface area contributed by atoms with Gasteiger partial charge in [0.05, 0.1) is 13.2 Å². The number of likely N-dealkylation sites (tertiary alicyclic amines) is 1. The van der Waals surface area contributed by atoms with Crippen molar-refractivity contribution in [3.8, 4) is 5.75 Å². The van der Waals surface area contributed by atoms with E-state index in [-0.39, 0.29) is 21.6 Å². The fourth-order valence-electron chi connectivity index (χ4n) is 2.60. The van der Waals surface area contributed by atoms with Crippen LogP contribution in [0.2, 0.25) is 5.02 Å². The molecule has 1 aliphatic rings. The molecule has 1 fully saturated rings. The molecule has 6 nitrogen and oxygen atoms in total. The molecule has 128 valence electrons. The fraction of sp³-hybridized carbons (Fsp3) is 0.533. The van der Waals surface area contributed by atoms with E-state index in [9.17, 15) is 13.2 Å². The zero-order valence-corrected chi connectivity index (χ0v) is 14.8. The van der Waals surface area contributed by atoms with Crippen LogP contribution in [-0.2, 0) is 14.8 Å². The highest BCUT2D eigenvalue weighted by atomic mass is 35.5. The summed E-state index contributed by atoms with van der Waals surface area (Å²) in [6, 6.07) is 3.48. The number of ether oxygens (including phenoxy) is 1. The van der Waals surface area contributed by atoms with Crippen molar-refractivity contribution in [2.24, 2.45) is 0 Å². The maximum Gasteiger partial charge on any atom is 0.245 e. The van der Waals surface area contributed by atoms with E-state index < -0.39 is 16.1 Å². The number of piperidine rings is 1. The summed E-state index contributed by atoms with van der Waals surface area (Å²) in [5.74, 6) is -0.0335. The van der Waals surface area contributed by atoms with Gasteiger partial charge in [-0.25, -0.2) is 8.42 Å². The van der Waals surface area contributed by atoms with E-state index in [0.29, 0.717) is 13.1 Å². The third kappa shape index (κ3) is 4.37. The molecule has 23 heavy (non-hydrogen) atoms. The topological polar surface area (TPSA) is 75.7 Å². The molecule has 8 heteroatoms. The number of carbonyl (C=O) groups is 1. The first-order valence-electron chi connectivity index (χ1n) is 7.50. The highest BCUT2D eigenvalue weighted by Gasteiger charge is 2.28. The molecule has 1 aliphatic heterocycles. The summed E-state index contributed by atoms with van der Waals surface area (Å²) in [6.45, 7) is 2.89. The molecular weight excluding hydrogens is 340 g/mol. The van der Waals surface area contributed by atoms with Crippen molar-refractivity contribution in [2.75, 3.05) is 20.2 Å². The van der Waals surface area contributed by atoms with Crippen molar-refractivity contribution in [3.63, 3.8) is 0 Å². The number of nitrogens with zero attached hydrogens (tertiary/aromatic N) is 1. The summed E-state index contributed by atoms with van der Waals surface area (Å²) < 4.78 is 32.6. The third-order valence-electron chi connectivity index (χ3n) is 3.79. The molecule has 1 N–H and O–H groups in total. The normalized spacial score (nSPS) is 16.9. The molecule has 0 spiro atoms. The highest BCUT2D eigenvalue weighted by molar-refractivity contribution is 7.89. The largest absolute Gasteiger partial charge is 0.495 e. The van der Waals surface area contributed by atoms with Crippen LogP contribution in [0.5, 0.6) is 5.75 Å². The average molecular weight is 361 g/mol. The molecule has 1 saturated heterocycles. The minimum absolute atomic E-state index is 0.0780. The molecule has 1 atom stereocenters. The number of methoxy groups -OCH3 is 1. The van der Waals surface area contributed by atoms with Gasteiger partial charge in [0.15, 0.2) is 0 Å². The second-order valence-electron chi connectivity index (χ2n) is 5.52. The van der Waals surface area contributed by atoms with Crippen LogP contribution in [0, 0.1) is 0 Å². The molecule has 0 unspecified atom stereocenters. The van der Waals surface area contributed by atoms with Crippen molar-refractivity contribution in [3.05, 3.63) is 23.2 Å². The second kappa shape index (κ2) is 7.51. The SMILES string of the molecule is COc1ccc(Cl)cc1S(=O)(=O)N[C@H](C)C(=O)N1CCCCC1. The lowest BCUT2D eigenvalue weighted by Gasteiger charge is -2.29. The molecule has 0 saturated carbocycles. The van der Waals surface area contributed by atoms with Gasteiger partial charge in [0.1, 0.15) is 10.6 Å². The van der Waals surface area contributed by atoms with Crippen LogP contribution >= 0.6 is 11.6 Å². The van der Waals surface area contributed by atoms with Crippen molar-refractivity contribution in [1.82, 2.24) is 9.62 Å². The maximum atomic E-state index is 12.5. The zero-order chi connectivity index (χ0) is 17.0. The third-order valence-corrected chi connectivity index (χ3v) is 5.58. The van der Waals surface area contributed by atoms with Gasteiger partial charge in [-0.1, -0.05) is 11.6 Å². The Morgan fingerprint density at radius 1 is 1.30 bits per heavy atom. The first kappa shape index (κ1) is 18.0. The van der Waals surface area contributed by atoms with E-state index in [1.54, 1.807) is 17.9 Å². The number of sulfonamides is 1. The molecule has 0 aliphatic carbocycles. The lowest BCUT2D eigenvalue weighted by molar-refractivity contribution is -0.133. The Balaban J connectivity index is 2.17. The summed E-state index contributed by atoms with van der Waals surface area (Å²) in [6.07, 6.45) is 3.00. The van der Waals surface area contributed by atoms with Crippen LogP contribution in [0.25, 0.3) is 0 Å². The molecule has 1 amide bonds. The summed E-state index contributed by atoms with van der Waals surface area (Å²) in [7, 11) is -2.54. The van der Waals surface area contributed by atoms with Crippen LogP contribution in [0.3, 0.4) is 0 Å². The quantitative estimate of drug-likeness (QED) is 0.871. The van der Waals surface area contributed by atoms with Crippen LogP contribution in [0.4, 0.5) is 0 Å². The number of amides is 1. The highest BCUT2D eigenvalue weighted by Crippen LogP contribution is 2.27. The number of hydrogen-bond donors (Lipinski definition) is 1. The number of carbonyl (C=O) groups excluding carboxylic acids is 1. The molecule has 0 aromatic heterocycles. The molecule has 1 heterocycles. The minimum atomic E-state index is -3.92. The second-order valence-corrected chi connectivity index (χ2v) is 7.64. The zero-order valence-electron chi connectivity index (χ0n) is 13.2. The Hall–Kier alpha value is -1.31. The van der Waals surface area contributed by atoms with Crippen molar-refractivity contribution in [1.29, 1.82) is 0 Å². The Bertz CT molecular complexity index is 672. The van der Waals surface area contributed by atoms with Gasteiger partial charge >= 0.3 is 0 Å². The summed E-state index contributed by atoms with van der Waals surface area (Å²) in [4.78, 5) is 14.0. The molecule has 1 aromatic rings. The number of hydrogen-bond acceptors (Lipinski definition) is 4. The van der Waals surface area contributed by atoms with E-state index in [1.807, 2.05) is 0 Å². The molecule has 0 bridgehead atoms.